The number of nitrogens with zero attached hydrogens (tertiary/aromatic N) is 3. The van der Waals surface area contributed by atoms with E-state index in [0.717, 1.165) is 17.9 Å². The zero-order valence-electron chi connectivity index (χ0n) is 16.5. The summed E-state index contributed by atoms with van der Waals surface area (Å²) in [6, 6.07) is 4.09. The molecule has 1 aliphatic heterocycles. The highest BCUT2D eigenvalue weighted by molar-refractivity contribution is 7.11. The summed E-state index contributed by atoms with van der Waals surface area (Å²) in [7, 11) is 0. The van der Waals surface area contributed by atoms with Gasteiger partial charge in [0.25, 0.3) is 0 Å². The van der Waals surface area contributed by atoms with Gasteiger partial charge in [-0.2, -0.15) is 0 Å². The molecule has 29 heavy (non-hydrogen) atoms. The number of hydrogen-bond acceptors (Lipinski definition) is 4. The monoisotopic (exact) mass is 397 g/mol. The first-order valence-electron chi connectivity index (χ1n) is 9.62. The largest absolute Gasteiger partial charge is 0.305 e. The van der Waals surface area contributed by atoms with Gasteiger partial charge in [0.05, 0.1) is 0 Å². The third-order valence-electron chi connectivity index (χ3n) is 4.93. The summed E-state index contributed by atoms with van der Waals surface area (Å²) in [5, 5.41) is 2.15. The molecule has 2 aromatic heterocycles. The Hall–Kier alpha value is -3.24. The molecule has 4 heteroatoms. The van der Waals surface area contributed by atoms with Crippen LogP contribution in [0.25, 0.3) is 17.2 Å². The van der Waals surface area contributed by atoms with Crippen LogP contribution < -0.4 is 4.90 Å². The fourth-order valence-electron chi connectivity index (χ4n) is 3.40. The molecule has 0 amide bonds. The van der Waals surface area contributed by atoms with Crippen LogP contribution in [0.5, 0.6) is 0 Å². The molecule has 4 rings (SSSR count). The van der Waals surface area contributed by atoms with Gasteiger partial charge >= 0.3 is 0 Å². The van der Waals surface area contributed by atoms with Crippen molar-refractivity contribution < 1.29 is 0 Å². The molecular formula is C25H23N3S. The Morgan fingerprint density at radius 1 is 1.28 bits per heavy atom. The summed E-state index contributed by atoms with van der Waals surface area (Å²) < 4.78 is 0. The second kappa shape index (κ2) is 8.41. The minimum Gasteiger partial charge on any atom is -0.305 e. The van der Waals surface area contributed by atoms with Crippen molar-refractivity contribution in [2.75, 3.05) is 4.90 Å². The quantitative estimate of drug-likeness (QED) is 0.543. The lowest BCUT2D eigenvalue weighted by Gasteiger charge is -2.26. The van der Waals surface area contributed by atoms with E-state index in [4.69, 9.17) is 4.98 Å². The molecule has 2 aliphatic rings. The average Bonchev–Trinajstić information content (AvgIpc) is 3.22. The van der Waals surface area contributed by atoms with Gasteiger partial charge in [-0.1, -0.05) is 56.5 Å². The Morgan fingerprint density at radius 3 is 3.03 bits per heavy atom. The fourth-order valence-corrected chi connectivity index (χ4v) is 4.29. The molecule has 0 fully saturated rings. The number of anilines is 1. The van der Waals surface area contributed by atoms with Crippen LogP contribution in [0.4, 0.5) is 5.82 Å². The smallest absolute Gasteiger partial charge is 0.160 e. The molecule has 1 aliphatic carbocycles. The first-order chi connectivity index (χ1) is 14.2. The number of aromatic nitrogens is 2. The average molecular weight is 398 g/mol. The third-order valence-corrected chi connectivity index (χ3v) is 5.91. The summed E-state index contributed by atoms with van der Waals surface area (Å²) in [5.41, 5.74) is 4.33. The van der Waals surface area contributed by atoms with E-state index in [1.165, 1.54) is 16.0 Å². The molecule has 0 N–H and O–H groups in total. The fraction of sp³-hybridized carbons (Fsp3) is 0.120. The number of thiophene rings is 1. The van der Waals surface area contributed by atoms with Crippen molar-refractivity contribution in [3.8, 4) is 0 Å². The predicted octanol–water partition coefficient (Wildman–Crippen LogP) is 6.65. The summed E-state index contributed by atoms with van der Waals surface area (Å²) in [6.45, 7) is 10.0. The third kappa shape index (κ3) is 3.98. The van der Waals surface area contributed by atoms with E-state index in [-0.39, 0.29) is 5.92 Å². The molecule has 0 saturated carbocycles. The summed E-state index contributed by atoms with van der Waals surface area (Å²) >= 11 is 1.78. The Balaban J connectivity index is 1.90. The number of allylic oxidation sites excluding steroid dienone is 9. The van der Waals surface area contributed by atoms with Gasteiger partial charge in [-0.05, 0) is 47.2 Å². The van der Waals surface area contributed by atoms with E-state index in [2.05, 4.69) is 90.1 Å². The van der Waals surface area contributed by atoms with Gasteiger partial charge in [0, 0.05) is 34.5 Å². The summed E-state index contributed by atoms with van der Waals surface area (Å²) in [5.74, 6) is 1.59. The SMILES string of the molecule is C=CC(=C)c1nccc(N2/C=C/c3ccsc3C3=C/C(C)C2=C/C=C\C/C=C\3)n1. The van der Waals surface area contributed by atoms with E-state index >= 15 is 0 Å². The molecular weight excluding hydrogens is 374 g/mol. The number of fused-ring (bicyclic) bond motifs is 4. The van der Waals surface area contributed by atoms with Crippen LogP contribution in [-0.2, 0) is 0 Å². The highest BCUT2D eigenvalue weighted by Gasteiger charge is 2.20. The van der Waals surface area contributed by atoms with Gasteiger partial charge in [-0.15, -0.1) is 11.3 Å². The van der Waals surface area contributed by atoms with Crippen molar-refractivity contribution in [1.29, 1.82) is 0 Å². The number of hydrogen-bond donors (Lipinski definition) is 0. The van der Waals surface area contributed by atoms with Crippen molar-refractivity contribution in [2.45, 2.75) is 13.3 Å². The highest BCUT2D eigenvalue weighted by Crippen LogP contribution is 2.34. The van der Waals surface area contributed by atoms with Crippen LogP contribution in [0.1, 0.15) is 29.6 Å². The molecule has 0 saturated heterocycles. The molecule has 2 aromatic rings. The van der Waals surface area contributed by atoms with Gasteiger partial charge in [0.2, 0.25) is 0 Å². The van der Waals surface area contributed by atoms with E-state index in [1.807, 2.05) is 6.07 Å². The van der Waals surface area contributed by atoms with E-state index < -0.39 is 0 Å². The highest BCUT2D eigenvalue weighted by atomic mass is 32.1. The lowest BCUT2D eigenvalue weighted by molar-refractivity contribution is 0.820. The van der Waals surface area contributed by atoms with Gasteiger partial charge in [-0.25, -0.2) is 9.97 Å². The standard InChI is InChI=1S/C25H23N3S/c1-4-18(2)25-26-14-11-23(27-25)28-15-12-20-13-16-29-24(20)21-9-7-5-6-8-10-22(28)19(3)17-21/h4,6-17,19H,1-2,5H2,3H3/b8-6-,9-7-,15-12+,21-17+,22-10?. The first-order valence-corrected chi connectivity index (χ1v) is 10.5. The van der Waals surface area contributed by atoms with Crippen LogP contribution in [0, 0.1) is 5.92 Å². The molecule has 2 bridgehead atoms. The Kier molecular flexibility index (Phi) is 5.54. The lowest BCUT2D eigenvalue weighted by Crippen LogP contribution is -2.21. The molecule has 3 heterocycles. The van der Waals surface area contributed by atoms with Crippen molar-refractivity contribution in [2.24, 2.45) is 5.92 Å². The zero-order valence-corrected chi connectivity index (χ0v) is 17.3. The maximum atomic E-state index is 4.76. The van der Waals surface area contributed by atoms with Crippen molar-refractivity contribution >= 4 is 34.4 Å². The van der Waals surface area contributed by atoms with Crippen molar-refractivity contribution in [3.63, 3.8) is 0 Å². The van der Waals surface area contributed by atoms with Crippen molar-refractivity contribution in [3.05, 3.63) is 108 Å². The van der Waals surface area contributed by atoms with Crippen LogP contribution in [-0.4, -0.2) is 9.97 Å². The topological polar surface area (TPSA) is 29.0 Å². The number of rotatable bonds is 3. The molecule has 1 unspecified atom stereocenters. The predicted molar refractivity (Wildman–Crippen MR) is 125 cm³/mol. The Bertz CT molecular complexity index is 1090. The molecule has 0 radical (unpaired) electrons. The molecule has 0 aromatic carbocycles. The first kappa shape index (κ1) is 19.1. The lowest BCUT2D eigenvalue weighted by atomic mass is 9.99. The maximum absolute atomic E-state index is 4.76. The van der Waals surface area contributed by atoms with Crippen LogP contribution in [0.3, 0.4) is 0 Å². The molecule has 1 atom stereocenters. The Labute approximate surface area is 176 Å². The van der Waals surface area contributed by atoms with Gasteiger partial charge in [-0.3, -0.25) is 0 Å². The summed E-state index contributed by atoms with van der Waals surface area (Å²) in [6.07, 6.45) is 21.9. The second-order valence-corrected chi connectivity index (χ2v) is 7.84. The maximum Gasteiger partial charge on any atom is 0.160 e. The molecule has 3 nitrogen and oxygen atoms in total. The van der Waals surface area contributed by atoms with Crippen LogP contribution in [0.2, 0.25) is 0 Å². The summed E-state index contributed by atoms with van der Waals surface area (Å²) in [4.78, 5) is 12.5. The van der Waals surface area contributed by atoms with E-state index in [1.54, 1.807) is 23.6 Å². The Morgan fingerprint density at radius 2 is 2.17 bits per heavy atom. The molecule has 0 spiro atoms. The normalized spacial score (nSPS) is 23.3. The zero-order chi connectivity index (χ0) is 20.2. The minimum atomic E-state index is 0.191. The second-order valence-electron chi connectivity index (χ2n) is 6.93. The van der Waals surface area contributed by atoms with Gasteiger partial charge in [0.15, 0.2) is 5.82 Å². The van der Waals surface area contributed by atoms with E-state index in [0.29, 0.717) is 11.4 Å². The molecule has 144 valence electrons. The van der Waals surface area contributed by atoms with E-state index in [9.17, 15) is 0 Å². The van der Waals surface area contributed by atoms with Gasteiger partial charge < -0.3 is 4.90 Å². The minimum absolute atomic E-state index is 0.191. The van der Waals surface area contributed by atoms with Crippen LogP contribution >= 0.6 is 11.3 Å². The van der Waals surface area contributed by atoms with Gasteiger partial charge in [0.1, 0.15) is 5.82 Å². The van der Waals surface area contributed by atoms with Crippen LogP contribution in [0.15, 0.2) is 91.3 Å². The van der Waals surface area contributed by atoms with Crippen molar-refractivity contribution in [1.82, 2.24) is 9.97 Å².